The third kappa shape index (κ3) is 2.56. The highest BCUT2D eigenvalue weighted by Gasteiger charge is 2.21. The number of hydrogen-bond donors (Lipinski definition) is 0. The first-order valence-corrected chi connectivity index (χ1v) is 6.05. The second-order valence-corrected chi connectivity index (χ2v) is 4.93. The number of hydrogen-bond acceptors (Lipinski definition) is 2. The van der Waals surface area contributed by atoms with Crippen LogP contribution in [0.15, 0.2) is 12.3 Å². The zero-order chi connectivity index (χ0) is 9.03. The Hall–Kier alpha value is 0.110. The Kier molecular flexibility index (Phi) is 3.72. The van der Waals surface area contributed by atoms with Crippen LogP contribution in [0.1, 0.15) is 25.1 Å². The lowest BCUT2D eigenvalue weighted by Crippen LogP contribution is -2.19. The van der Waals surface area contributed by atoms with E-state index < -0.39 is 0 Å². The van der Waals surface area contributed by atoms with Crippen molar-refractivity contribution in [2.24, 2.45) is 5.41 Å². The van der Waals surface area contributed by atoms with Gasteiger partial charge in [0, 0.05) is 16.4 Å². The van der Waals surface area contributed by atoms with Crippen molar-refractivity contribution in [1.29, 1.82) is 0 Å². The van der Waals surface area contributed by atoms with Gasteiger partial charge in [-0.25, -0.2) is 4.37 Å². The summed E-state index contributed by atoms with van der Waals surface area (Å²) in [4.78, 5) is 1.39. The molecule has 0 bridgehead atoms. The lowest BCUT2D eigenvalue weighted by molar-refractivity contribution is 0.364. The predicted octanol–water partition coefficient (Wildman–Crippen LogP) is 3.50. The van der Waals surface area contributed by atoms with Crippen LogP contribution in [-0.4, -0.2) is 9.70 Å². The second-order valence-electron chi connectivity index (χ2n) is 3.45. The lowest BCUT2D eigenvalue weighted by Gasteiger charge is -2.24. The third-order valence-corrected chi connectivity index (χ3v) is 4.36. The standard InChI is InChI=1S/C9H14BrNS/c1-3-9(2,7-10)6-8-4-5-11-12-8/h4-5H,3,6-7H2,1-2H3. The molecule has 0 aromatic carbocycles. The number of alkyl halides is 1. The summed E-state index contributed by atoms with van der Waals surface area (Å²) in [6.45, 7) is 4.55. The van der Waals surface area contributed by atoms with Crippen LogP contribution in [0.4, 0.5) is 0 Å². The summed E-state index contributed by atoms with van der Waals surface area (Å²) in [6.07, 6.45) is 4.22. The molecule has 0 radical (unpaired) electrons. The van der Waals surface area contributed by atoms with Crippen molar-refractivity contribution in [2.45, 2.75) is 26.7 Å². The van der Waals surface area contributed by atoms with Gasteiger partial charge in [0.2, 0.25) is 0 Å². The van der Waals surface area contributed by atoms with Gasteiger partial charge >= 0.3 is 0 Å². The van der Waals surface area contributed by atoms with Crippen molar-refractivity contribution >= 4 is 27.5 Å². The topological polar surface area (TPSA) is 12.9 Å². The van der Waals surface area contributed by atoms with Crippen LogP contribution in [0.5, 0.6) is 0 Å². The van der Waals surface area contributed by atoms with E-state index >= 15 is 0 Å². The molecule has 0 saturated heterocycles. The molecule has 12 heavy (non-hydrogen) atoms. The van der Waals surface area contributed by atoms with E-state index in [1.54, 1.807) is 11.5 Å². The Morgan fingerprint density at radius 3 is 2.83 bits per heavy atom. The molecule has 0 N–H and O–H groups in total. The summed E-state index contributed by atoms with van der Waals surface area (Å²) >= 11 is 5.17. The smallest absolute Gasteiger partial charge is 0.0409 e. The van der Waals surface area contributed by atoms with Crippen LogP contribution in [0.25, 0.3) is 0 Å². The Balaban J connectivity index is 2.60. The SMILES string of the molecule is CCC(C)(CBr)Cc1ccns1. The fourth-order valence-electron chi connectivity index (χ4n) is 1.02. The van der Waals surface area contributed by atoms with E-state index in [0.29, 0.717) is 5.41 Å². The molecule has 0 aliphatic carbocycles. The highest BCUT2D eigenvalue weighted by molar-refractivity contribution is 9.09. The van der Waals surface area contributed by atoms with Crippen LogP contribution in [0.2, 0.25) is 0 Å². The van der Waals surface area contributed by atoms with Gasteiger partial charge in [0.25, 0.3) is 0 Å². The van der Waals surface area contributed by atoms with E-state index in [-0.39, 0.29) is 0 Å². The molecule has 1 heterocycles. The van der Waals surface area contributed by atoms with Crippen LogP contribution in [0.3, 0.4) is 0 Å². The van der Waals surface area contributed by atoms with E-state index in [9.17, 15) is 0 Å². The molecular formula is C9H14BrNS. The van der Waals surface area contributed by atoms with E-state index in [1.807, 2.05) is 6.20 Å². The van der Waals surface area contributed by atoms with E-state index in [0.717, 1.165) is 11.8 Å². The minimum Gasteiger partial charge on any atom is -0.201 e. The molecule has 1 aromatic rings. The summed E-state index contributed by atoms with van der Waals surface area (Å²) in [5.41, 5.74) is 0.395. The van der Waals surface area contributed by atoms with Gasteiger partial charge < -0.3 is 0 Å². The minimum absolute atomic E-state index is 0.395. The molecule has 0 saturated carbocycles. The van der Waals surface area contributed by atoms with Crippen molar-refractivity contribution in [3.8, 4) is 0 Å². The number of halogens is 1. The predicted molar refractivity (Wildman–Crippen MR) is 58.0 cm³/mol. The van der Waals surface area contributed by atoms with Crippen molar-refractivity contribution in [3.05, 3.63) is 17.1 Å². The summed E-state index contributed by atoms with van der Waals surface area (Å²) < 4.78 is 4.10. The van der Waals surface area contributed by atoms with Crippen LogP contribution >= 0.6 is 27.5 Å². The van der Waals surface area contributed by atoms with Gasteiger partial charge in [0.05, 0.1) is 0 Å². The van der Waals surface area contributed by atoms with Crippen LogP contribution in [-0.2, 0) is 6.42 Å². The van der Waals surface area contributed by atoms with Gasteiger partial charge in [-0.1, -0.05) is 29.8 Å². The van der Waals surface area contributed by atoms with Crippen LogP contribution in [0, 0.1) is 5.41 Å². The molecule has 0 amide bonds. The molecule has 1 aromatic heterocycles. The highest BCUT2D eigenvalue weighted by atomic mass is 79.9. The first kappa shape index (κ1) is 10.2. The average molecular weight is 248 g/mol. The van der Waals surface area contributed by atoms with Gasteiger partial charge in [-0.05, 0) is 35.9 Å². The number of aromatic nitrogens is 1. The molecule has 0 aliphatic heterocycles. The van der Waals surface area contributed by atoms with E-state index in [1.165, 1.54) is 11.3 Å². The van der Waals surface area contributed by atoms with Crippen LogP contribution < -0.4 is 0 Å². The first-order chi connectivity index (χ1) is 5.70. The largest absolute Gasteiger partial charge is 0.201 e. The molecule has 1 unspecified atom stereocenters. The van der Waals surface area contributed by atoms with Gasteiger partial charge in [0.15, 0.2) is 0 Å². The Bertz CT molecular complexity index is 216. The molecule has 68 valence electrons. The molecule has 0 fully saturated rings. The molecule has 0 aliphatic rings. The van der Waals surface area contributed by atoms with Gasteiger partial charge in [-0.3, -0.25) is 0 Å². The zero-order valence-electron chi connectivity index (χ0n) is 7.51. The maximum Gasteiger partial charge on any atom is 0.0409 e. The van der Waals surface area contributed by atoms with Gasteiger partial charge in [0.1, 0.15) is 0 Å². The fraction of sp³-hybridized carbons (Fsp3) is 0.667. The normalized spacial score (nSPS) is 15.9. The van der Waals surface area contributed by atoms with E-state index in [4.69, 9.17) is 0 Å². The first-order valence-electron chi connectivity index (χ1n) is 4.16. The molecule has 3 heteroatoms. The summed E-state index contributed by atoms with van der Waals surface area (Å²) in [6, 6.07) is 2.11. The fourth-order valence-corrected chi connectivity index (χ4v) is 2.41. The zero-order valence-corrected chi connectivity index (χ0v) is 9.91. The van der Waals surface area contributed by atoms with Crippen molar-refractivity contribution in [1.82, 2.24) is 4.37 Å². The summed E-state index contributed by atoms with van der Waals surface area (Å²) in [5.74, 6) is 0. The second kappa shape index (κ2) is 4.38. The maximum atomic E-state index is 4.10. The quantitative estimate of drug-likeness (QED) is 0.743. The van der Waals surface area contributed by atoms with Crippen molar-refractivity contribution in [3.63, 3.8) is 0 Å². The Morgan fingerprint density at radius 1 is 1.67 bits per heavy atom. The lowest BCUT2D eigenvalue weighted by atomic mass is 9.86. The molecule has 1 nitrogen and oxygen atoms in total. The third-order valence-electron chi connectivity index (χ3n) is 2.27. The Morgan fingerprint density at radius 2 is 2.42 bits per heavy atom. The summed E-state index contributed by atoms with van der Waals surface area (Å²) in [5, 5.41) is 1.06. The minimum atomic E-state index is 0.395. The number of rotatable bonds is 4. The van der Waals surface area contributed by atoms with E-state index in [2.05, 4.69) is 40.2 Å². The average Bonchev–Trinajstić information content (AvgIpc) is 2.57. The summed E-state index contributed by atoms with van der Waals surface area (Å²) in [7, 11) is 0. The molecular weight excluding hydrogens is 234 g/mol. The van der Waals surface area contributed by atoms with Crippen molar-refractivity contribution in [2.75, 3.05) is 5.33 Å². The van der Waals surface area contributed by atoms with Gasteiger partial charge in [-0.2, -0.15) is 0 Å². The van der Waals surface area contributed by atoms with Crippen molar-refractivity contribution < 1.29 is 0 Å². The number of nitrogens with zero attached hydrogens (tertiary/aromatic N) is 1. The molecule has 1 rings (SSSR count). The maximum absolute atomic E-state index is 4.10. The monoisotopic (exact) mass is 247 g/mol. The van der Waals surface area contributed by atoms with Gasteiger partial charge in [-0.15, -0.1) is 0 Å². The molecule has 0 spiro atoms. The molecule has 1 atom stereocenters. The highest BCUT2D eigenvalue weighted by Crippen LogP contribution is 2.29. The Labute approximate surface area is 86.5 Å².